The van der Waals surface area contributed by atoms with Crippen LogP contribution < -0.4 is 16.6 Å². The maximum Gasteiger partial charge on any atom is 0.408 e. The average Bonchev–Trinajstić information content (AvgIpc) is 3.16. The van der Waals surface area contributed by atoms with Crippen LogP contribution in [0.2, 0.25) is 0 Å². The lowest BCUT2D eigenvalue weighted by molar-refractivity contribution is -0.143. The van der Waals surface area contributed by atoms with Crippen molar-refractivity contribution in [2.75, 3.05) is 11.9 Å². The maximum absolute atomic E-state index is 12.3. The van der Waals surface area contributed by atoms with Gasteiger partial charge in [0.1, 0.15) is 11.0 Å². The van der Waals surface area contributed by atoms with Crippen LogP contribution in [0.1, 0.15) is 12.8 Å². The molecule has 1 heterocycles. The standard InChI is InChI=1S/C11H14BrF3N4O/c12-9-8(17-3-7(16)6-1-2-6)4-18-19(10(9)20)5-11(13,14)15/h4,6-7,17H,1-3,5,16H2. The van der Waals surface area contributed by atoms with Gasteiger partial charge in [0.2, 0.25) is 0 Å². The smallest absolute Gasteiger partial charge is 0.381 e. The van der Waals surface area contributed by atoms with Crippen molar-refractivity contribution in [3.05, 3.63) is 21.0 Å². The number of nitrogens with one attached hydrogen (secondary N) is 1. The lowest BCUT2D eigenvalue weighted by Gasteiger charge is -2.14. The van der Waals surface area contributed by atoms with E-state index in [4.69, 9.17) is 5.73 Å². The van der Waals surface area contributed by atoms with Crippen LogP contribution in [-0.2, 0) is 6.54 Å². The van der Waals surface area contributed by atoms with Crippen LogP contribution in [0.3, 0.4) is 0 Å². The van der Waals surface area contributed by atoms with Crippen LogP contribution in [0.5, 0.6) is 0 Å². The molecule has 0 aromatic carbocycles. The number of aromatic nitrogens is 2. The Labute approximate surface area is 121 Å². The Hall–Kier alpha value is -1.09. The SMILES string of the molecule is NC(CNc1cnn(CC(F)(F)F)c(=O)c1Br)C1CC1. The van der Waals surface area contributed by atoms with Crippen molar-refractivity contribution in [3.63, 3.8) is 0 Å². The highest BCUT2D eigenvalue weighted by molar-refractivity contribution is 9.10. The van der Waals surface area contributed by atoms with Crippen molar-refractivity contribution in [3.8, 4) is 0 Å². The summed E-state index contributed by atoms with van der Waals surface area (Å²) >= 11 is 3.00. The molecule has 0 bridgehead atoms. The molecule has 2 rings (SSSR count). The molecular formula is C11H14BrF3N4O. The first-order chi connectivity index (χ1) is 9.28. The Morgan fingerprint density at radius 2 is 2.20 bits per heavy atom. The Morgan fingerprint density at radius 1 is 1.55 bits per heavy atom. The number of nitrogens with zero attached hydrogens (tertiary/aromatic N) is 2. The fourth-order valence-corrected chi connectivity index (χ4v) is 2.24. The maximum atomic E-state index is 12.3. The van der Waals surface area contributed by atoms with Gasteiger partial charge in [-0.05, 0) is 34.7 Å². The van der Waals surface area contributed by atoms with Crippen LogP contribution in [0, 0.1) is 5.92 Å². The minimum absolute atomic E-state index is 0.0275. The molecule has 1 aliphatic rings. The lowest BCUT2D eigenvalue weighted by atomic mass is 10.2. The van der Waals surface area contributed by atoms with Crippen molar-refractivity contribution in [2.45, 2.75) is 31.6 Å². The summed E-state index contributed by atoms with van der Waals surface area (Å²) in [6.07, 6.45) is -1.11. The molecule has 1 atom stereocenters. The van der Waals surface area contributed by atoms with Gasteiger partial charge in [0, 0.05) is 12.6 Å². The van der Waals surface area contributed by atoms with Gasteiger partial charge in [-0.3, -0.25) is 4.79 Å². The lowest BCUT2D eigenvalue weighted by Crippen LogP contribution is -2.33. The highest BCUT2D eigenvalue weighted by Gasteiger charge is 2.30. The molecule has 0 spiro atoms. The molecule has 20 heavy (non-hydrogen) atoms. The second-order valence-corrected chi connectivity index (χ2v) is 5.63. The third kappa shape index (κ3) is 3.95. The van der Waals surface area contributed by atoms with E-state index in [9.17, 15) is 18.0 Å². The minimum Gasteiger partial charge on any atom is -0.381 e. The van der Waals surface area contributed by atoms with Gasteiger partial charge in [-0.25, -0.2) is 4.68 Å². The Bertz CT molecular complexity index is 541. The summed E-state index contributed by atoms with van der Waals surface area (Å²) in [5.41, 5.74) is 5.42. The molecule has 112 valence electrons. The second-order valence-electron chi connectivity index (χ2n) is 4.83. The molecule has 1 saturated carbocycles. The number of halogens is 4. The first-order valence-corrected chi connectivity index (χ1v) is 6.89. The fraction of sp³-hybridized carbons (Fsp3) is 0.636. The largest absolute Gasteiger partial charge is 0.408 e. The van der Waals surface area contributed by atoms with Crippen molar-refractivity contribution in [1.29, 1.82) is 0 Å². The molecule has 0 saturated heterocycles. The second kappa shape index (κ2) is 5.72. The quantitative estimate of drug-likeness (QED) is 0.844. The minimum atomic E-state index is -4.49. The highest BCUT2D eigenvalue weighted by atomic mass is 79.9. The normalized spacial score (nSPS) is 17.1. The van der Waals surface area contributed by atoms with Gasteiger partial charge in [-0.2, -0.15) is 18.3 Å². The van der Waals surface area contributed by atoms with E-state index in [0.29, 0.717) is 22.8 Å². The van der Waals surface area contributed by atoms with Crippen LogP contribution >= 0.6 is 15.9 Å². The summed E-state index contributed by atoms with van der Waals surface area (Å²) in [7, 11) is 0. The number of alkyl halides is 3. The summed E-state index contributed by atoms with van der Waals surface area (Å²) in [4.78, 5) is 11.7. The molecule has 3 N–H and O–H groups in total. The van der Waals surface area contributed by atoms with E-state index in [1.54, 1.807) is 0 Å². The Balaban J connectivity index is 2.07. The molecule has 1 aromatic heterocycles. The van der Waals surface area contributed by atoms with E-state index < -0.39 is 18.3 Å². The number of hydrogen-bond donors (Lipinski definition) is 2. The molecule has 1 unspecified atom stereocenters. The van der Waals surface area contributed by atoms with Crippen molar-refractivity contribution in [1.82, 2.24) is 9.78 Å². The first-order valence-electron chi connectivity index (χ1n) is 6.10. The van der Waals surface area contributed by atoms with Crippen LogP contribution in [-0.4, -0.2) is 28.5 Å². The molecule has 0 amide bonds. The number of hydrogen-bond acceptors (Lipinski definition) is 4. The van der Waals surface area contributed by atoms with Crippen molar-refractivity contribution >= 4 is 21.6 Å². The molecule has 1 fully saturated rings. The topological polar surface area (TPSA) is 72.9 Å². The molecule has 5 nitrogen and oxygen atoms in total. The molecule has 1 aliphatic carbocycles. The highest BCUT2D eigenvalue weighted by Crippen LogP contribution is 2.31. The van der Waals surface area contributed by atoms with E-state index in [1.807, 2.05) is 0 Å². The van der Waals surface area contributed by atoms with Gasteiger partial charge in [-0.15, -0.1) is 0 Å². The zero-order valence-electron chi connectivity index (χ0n) is 10.5. The van der Waals surface area contributed by atoms with E-state index in [1.165, 1.54) is 6.20 Å². The summed E-state index contributed by atoms with van der Waals surface area (Å²) in [6, 6.07) is -0.0282. The summed E-state index contributed by atoms with van der Waals surface area (Å²) < 4.78 is 37.2. The molecule has 9 heteroatoms. The molecule has 0 aliphatic heterocycles. The fourth-order valence-electron chi connectivity index (χ4n) is 1.79. The Morgan fingerprint density at radius 3 is 2.75 bits per heavy atom. The van der Waals surface area contributed by atoms with Gasteiger partial charge >= 0.3 is 6.18 Å². The van der Waals surface area contributed by atoms with Crippen LogP contribution in [0.4, 0.5) is 18.9 Å². The Kier molecular flexibility index (Phi) is 4.38. The van der Waals surface area contributed by atoms with E-state index in [2.05, 4.69) is 26.3 Å². The predicted molar refractivity (Wildman–Crippen MR) is 71.4 cm³/mol. The number of rotatable bonds is 5. The summed E-state index contributed by atoms with van der Waals surface area (Å²) in [5, 5.41) is 6.45. The third-order valence-corrected chi connectivity index (χ3v) is 3.84. The van der Waals surface area contributed by atoms with E-state index in [0.717, 1.165) is 12.8 Å². The number of nitrogens with two attached hydrogens (primary N) is 1. The van der Waals surface area contributed by atoms with Gasteiger partial charge in [0.25, 0.3) is 5.56 Å². The van der Waals surface area contributed by atoms with Gasteiger partial charge in [0.15, 0.2) is 0 Å². The summed E-state index contributed by atoms with van der Waals surface area (Å²) in [6.45, 7) is -0.958. The number of anilines is 1. The van der Waals surface area contributed by atoms with Gasteiger partial charge in [0.05, 0.1) is 11.9 Å². The van der Waals surface area contributed by atoms with Crippen LogP contribution in [0.15, 0.2) is 15.5 Å². The van der Waals surface area contributed by atoms with Crippen molar-refractivity contribution in [2.24, 2.45) is 11.7 Å². The average molecular weight is 355 g/mol. The van der Waals surface area contributed by atoms with Crippen molar-refractivity contribution < 1.29 is 13.2 Å². The predicted octanol–water partition coefficient (Wildman–Crippen LogP) is 1.72. The van der Waals surface area contributed by atoms with Crippen LogP contribution in [0.25, 0.3) is 0 Å². The van der Waals surface area contributed by atoms with E-state index >= 15 is 0 Å². The van der Waals surface area contributed by atoms with E-state index in [-0.39, 0.29) is 10.5 Å². The zero-order valence-corrected chi connectivity index (χ0v) is 12.0. The van der Waals surface area contributed by atoms with Gasteiger partial charge in [-0.1, -0.05) is 0 Å². The first kappa shape index (κ1) is 15.3. The zero-order chi connectivity index (χ0) is 14.9. The monoisotopic (exact) mass is 354 g/mol. The molecule has 1 aromatic rings. The molecule has 0 radical (unpaired) electrons. The third-order valence-electron chi connectivity index (χ3n) is 3.07. The molecular weight excluding hydrogens is 341 g/mol. The summed E-state index contributed by atoms with van der Waals surface area (Å²) in [5.74, 6) is 0.486. The van der Waals surface area contributed by atoms with Gasteiger partial charge < -0.3 is 11.1 Å².